The number of anilines is 1. The third kappa shape index (κ3) is 7.69. The van der Waals surface area contributed by atoms with Crippen molar-refractivity contribution in [3.8, 4) is 17.2 Å². The highest BCUT2D eigenvalue weighted by molar-refractivity contribution is 9.10. The molecule has 5 aromatic rings. The summed E-state index contributed by atoms with van der Waals surface area (Å²) in [6.45, 7) is 11.0. The van der Waals surface area contributed by atoms with Crippen molar-refractivity contribution in [2.24, 2.45) is 0 Å². The number of hydrogen-bond donors (Lipinski definition) is 3. The predicted octanol–water partition coefficient (Wildman–Crippen LogP) is 7.37. The summed E-state index contributed by atoms with van der Waals surface area (Å²) in [5, 5.41) is 20.3. The SMILES string of the molecule is Cc1ccc(-n2nc(C(C)(C)C)cc2NC(=O)NCc2ccccc2COc2cc(C)n(Cc3ccc(O)cc3)c(=O)c2Br)cc1. The molecule has 9 nitrogen and oxygen atoms in total. The molecule has 3 N–H and O–H groups in total. The van der Waals surface area contributed by atoms with Crippen molar-refractivity contribution in [3.05, 3.63) is 133 Å². The van der Waals surface area contributed by atoms with Crippen LogP contribution in [0.4, 0.5) is 10.6 Å². The Kier molecular flexibility index (Phi) is 9.67. The zero-order valence-electron chi connectivity index (χ0n) is 26.6. The quantitative estimate of drug-likeness (QED) is 0.150. The van der Waals surface area contributed by atoms with Gasteiger partial charge in [-0.2, -0.15) is 5.10 Å². The number of aromatic nitrogens is 3. The lowest BCUT2D eigenvalue weighted by atomic mass is 9.92. The summed E-state index contributed by atoms with van der Waals surface area (Å²) < 4.78 is 9.85. The summed E-state index contributed by atoms with van der Waals surface area (Å²) in [7, 11) is 0. The van der Waals surface area contributed by atoms with Crippen LogP contribution in [0.25, 0.3) is 5.69 Å². The molecule has 10 heteroatoms. The van der Waals surface area contributed by atoms with Gasteiger partial charge in [-0.3, -0.25) is 10.1 Å². The van der Waals surface area contributed by atoms with E-state index < -0.39 is 0 Å². The van der Waals surface area contributed by atoms with Crippen molar-refractivity contribution in [2.75, 3.05) is 5.32 Å². The molecular formula is C36H38BrN5O4. The van der Waals surface area contributed by atoms with Crippen molar-refractivity contribution in [2.45, 2.75) is 59.7 Å². The van der Waals surface area contributed by atoms with Gasteiger partial charge >= 0.3 is 6.03 Å². The number of phenolic OH excluding ortho intramolecular Hbond substituents is 1. The number of carbonyl (C=O) groups excluding carboxylic acids is 1. The summed E-state index contributed by atoms with van der Waals surface area (Å²) in [6.07, 6.45) is 0. The van der Waals surface area contributed by atoms with E-state index in [1.807, 2.05) is 74.5 Å². The van der Waals surface area contributed by atoms with Gasteiger partial charge in [-0.15, -0.1) is 0 Å². The van der Waals surface area contributed by atoms with Gasteiger partial charge in [0.15, 0.2) is 0 Å². The molecule has 46 heavy (non-hydrogen) atoms. The summed E-state index contributed by atoms with van der Waals surface area (Å²) in [5.41, 5.74) is 5.83. The molecule has 3 aromatic carbocycles. The Balaban J connectivity index is 1.26. The van der Waals surface area contributed by atoms with Crippen LogP contribution in [0.1, 0.15) is 54.4 Å². The Morgan fingerprint density at radius 3 is 2.30 bits per heavy atom. The molecule has 238 valence electrons. The first-order valence-corrected chi connectivity index (χ1v) is 15.8. The summed E-state index contributed by atoms with van der Waals surface area (Å²) in [4.78, 5) is 26.3. The number of carbonyl (C=O) groups is 1. The highest BCUT2D eigenvalue weighted by Gasteiger charge is 2.22. The first kappa shape index (κ1) is 32.6. The molecule has 2 aromatic heterocycles. The number of hydrogen-bond acceptors (Lipinski definition) is 5. The number of halogens is 1. The van der Waals surface area contributed by atoms with E-state index in [4.69, 9.17) is 9.84 Å². The number of phenols is 1. The van der Waals surface area contributed by atoms with Crippen LogP contribution in [0.2, 0.25) is 0 Å². The Morgan fingerprint density at radius 2 is 1.63 bits per heavy atom. The Labute approximate surface area is 277 Å². The summed E-state index contributed by atoms with van der Waals surface area (Å²) in [5.74, 6) is 1.18. The number of pyridine rings is 1. The number of ether oxygens (including phenoxy) is 1. The number of benzene rings is 3. The second kappa shape index (κ2) is 13.7. The Bertz CT molecular complexity index is 1910. The van der Waals surface area contributed by atoms with Gasteiger partial charge in [0.05, 0.1) is 17.9 Å². The van der Waals surface area contributed by atoms with Gasteiger partial charge in [0.1, 0.15) is 28.4 Å². The summed E-state index contributed by atoms with van der Waals surface area (Å²) in [6, 6.07) is 25.8. The third-order valence-corrected chi connectivity index (χ3v) is 8.36. The fourth-order valence-electron chi connectivity index (χ4n) is 4.88. The first-order chi connectivity index (χ1) is 21.9. The summed E-state index contributed by atoms with van der Waals surface area (Å²) >= 11 is 3.43. The molecule has 0 unspecified atom stereocenters. The van der Waals surface area contributed by atoms with Crippen LogP contribution < -0.4 is 20.9 Å². The van der Waals surface area contributed by atoms with E-state index in [1.54, 1.807) is 33.5 Å². The van der Waals surface area contributed by atoms with Gasteiger partial charge in [0, 0.05) is 29.8 Å². The molecule has 0 aliphatic heterocycles. The maximum absolute atomic E-state index is 13.2. The Morgan fingerprint density at radius 1 is 0.957 bits per heavy atom. The molecule has 0 saturated carbocycles. The highest BCUT2D eigenvalue weighted by Crippen LogP contribution is 2.27. The lowest BCUT2D eigenvalue weighted by Gasteiger charge is -2.16. The molecule has 0 bridgehead atoms. The molecule has 2 heterocycles. The second-order valence-electron chi connectivity index (χ2n) is 12.3. The van der Waals surface area contributed by atoms with E-state index >= 15 is 0 Å². The van der Waals surface area contributed by atoms with Crippen molar-refractivity contribution >= 4 is 27.8 Å². The lowest BCUT2D eigenvalue weighted by molar-refractivity contribution is 0.251. The minimum absolute atomic E-state index is 0.175. The third-order valence-electron chi connectivity index (χ3n) is 7.63. The molecule has 0 spiro atoms. The second-order valence-corrected chi connectivity index (χ2v) is 13.1. The van der Waals surface area contributed by atoms with E-state index in [9.17, 15) is 14.7 Å². The van der Waals surface area contributed by atoms with E-state index in [0.29, 0.717) is 22.6 Å². The average molecular weight is 685 g/mol. The molecule has 2 amide bonds. The van der Waals surface area contributed by atoms with Crippen molar-refractivity contribution in [3.63, 3.8) is 0 Å². The normalized spacial score (nSPS) is 11.3. The lowest BCUT2D eigenvalue weighted by Crippen LogP contribution is -2.29. The maximum Gasteiger partial charge on any atom is 0.320 e. The van der Waals surface area contributed by atoms with Crippen LogP contribution in [-0.4, -0.2) is 25.5 Å². The van der Waals surface area contributed by atoms with Crippen molar-refractivity contribution in [1.82, 2.24) is 19.7 Å². The number of amides is 2. The smallest absolute Gasteiger partial charge is 0.320 e. The average Bonchev–Trinajstić information content (AvgIpc) is 3.45. The molecule has 0 radical (unpaired) electrons. The van der Waals surface area contributed by atoms with Gasteiger partial charge in [0.2, 0.25) is 0 Å². The maximum atomic E-state index is 13.2. The monoisotopic (exact) mass is 683 g/mol. The van der Waals surface area contributed by atoms with E-state index in [1.165, 1.54) is 0 Å². The van der Waals surface area contributed by atoms with Crippen LogP contribution in [0, 0.1) is 13.8 Å². The highest BCUT2D eigenvalue weighted by atomic mass is 79.9. The van der Waals surface area contributed by atoms with Crippen LogP contribution in [-0.2, 0) is 25.1 Å². The number of nitrogens with zero attached hydrogens (tertiary/aromatic N) is 3. The van der Waals surface area contributed by atoms with Crippen LogP contribution >= 0.6 is 15.9 Å². The van der Waals surface area contributed by atoms with Crippen molar-refractivity contribution in [1.29, 1.82) is 0 Å². The minimum atomic E-state index is -0.361. The van der Waals surface area contributed by atoms with Crippen LogP contribution in [0.15, 0.2) is 94.2 Å². The molecule has 5 rings (SSSR count). The number of aryl methyl sites for hydroxylation is 2. The molecule has 0 atom stereocenters. The van der Waals surface area contributed by atoms with Gasteiger partial charge < -0.3 is 19.7 Å². The number of urea groups is 1. The topological polar surface area (TPSA) is 110 Å². The number of nitrogens with one attached hydrogen (secondary N) is 2. The zero-order chi connectivity index (χ0) is 33.0. The number of rotatable bonds is 9. The van der Waals surface area contributed by atoms with Crippen LogP contribution in [0.3, 0.4) is 0 Å². The van der Waals surface area contributed by atoms with Gasteiger partial charge in [-0.25, -0.2) is 9.48 Å². The first-order valence-electron chi connectivity index (χ1n) is 15.0. The fraction of sp³-hybridized carbons (Fsp3) is 0.250. The van der Waals surface area contributed by atoms with Crippen LogP contribution in [0.5, 0.6) is 11.5 Å². The molecule has 0 fully saturated rings. The van der Waals surface area contributed by atoms with E-state index in [0.717, 1.165) is 39.3 Å². The minimum Gasteiger partial charge on any atom is -0.508 e. The fourth-order valence-corrected chi connectivity index (χ4v) is 5.33. The number of aromatic hydroxyl groups is 1. The largest absolute Gasteiger partial charge is 0.508 e. The molecular weight excluding hydrogens is 646 g/mol. The van der Waals surface area contributed by atoms with E-state index in [2.05, 4.69) is 47.3 Å². The zero-order valence-corrected chi connectivity index (χ0v) is 28.2. The predicted molar refractivity (Wildman–Crippen MR) is 184 cm³/mol. The van der Waals surface area contributed by atoms with E-state index in [-0.39, 0.29) is 35.9 Å². The van der Waals surface area contributed by atoms with Gasteiger partial charge in [0.25, 0.3) is 5.56 Å². The molecule has 0 aliphatic rings. The van der Waals surface area contributed by atoms with Gasteiger partial charge in [-0.05, 0) is 70.7 Å². The molecule has 0 saturated heterocycles. The van der Waals surface area contributed by atoms with Gasteiger partial charge in [-0.1, -0.05) is 74.9 Å². The molecule has 0 aliphatic carbocycles. The van der Waals surface area contributed by atoms with Crippen molar-refractivity contribution < 1.29 is 14.6 Å². The Hall–Kier alpha value is -4.83. The standard InChI is InChI=1S/C36H38BrN5O4/c1-23-10-14-28(15-11-23)42-32(19-31(40-42)36(3,4)5)39-35(45)38-20-26-8-6-7-9-27(26)22-46-30-18-24(2)41(34(44)33(30)37)21-25-12-16-29(43)17-13-25/h6-19,43H,20-22H2,1-5H3,(H2,38,39,45).